The van der Waals surface area contributed by atoms with Gasteiger partial charge in [0.25, 0.3) is 20.2 Å². The topological polar surface area (TPSA) is 445 Å². The van der Waals surface area contributed by atoms with Crippen LogP contribution in [0.15, 0.2) is 23.8 Å². The van der Waals surface area contributed by atoms with E-state index in [4.69, 9.17) is 42.9 Å². The number of cyclic esters (lactones) is 1. The van der Waals surface area contributed by atoms with Gasteiger partial charge in [-0.2, -0.15) is 16.8 Å². The molecule has 0 aromatic heterocycles. The molecule has 3 saturated carbocycles. The van der Waals surface area contributed by atoms with Crippen LogP contribution in [0.4, 0.5) is 0 Å². The van der Waals surface area contributed by atoms with Crippen LogP contribution in [-0.4, -0.2) is 260 Å². The van der Waals surface area contributed by atoms with Crippen molar-refractivity contribution in [3.05, 3.63) is 23.8 Å². The number of fused-ring (bicyclic) bond motifs is 5. The molecule has 0 bridgehead atoms. The Morgan fingerprint density at radius 3 is 1.84 bits per heavy atom. The van der Waals surface area contributed by atoms with Crippen LogP contribution in [0.25, 0.3) is 0 Å². The van der Waals surface area contributed by atoms with Crippen molar-refractivity contribution < 1.29 is 136 Å². The zero-order valence-electron chi connectivity index (χ0n) is 60.8. The van der Waals surface area contributed by atoms with Gasteiger partial charge >= 0.3 is 22.5 Å². The molecule has 100 heavy (non-hydrogen) atoms. The SMILES string of the molecule is CC[C@@H]1OC(=O)[C@H](C)[C@@H](O[C@H]2C[C@@](C)(OC)[C@@H](O)[C@H](C)O2)[C@H](C)[C@@H](O[C@@H]2O[C@H](C)C[C@H](N(C)C)[C@H]2O)[C@](C)(OC)C[C@@H](C)C(=O)[C@@H](C)[C@@H](O)[C@]1(C)O.CS(=O)(=O)OCCCCOS(C)(=O)=O.C[C@]12C=CC(=O)C=C1CC[C@@H]1[C@@H]2C(=O)C[C@@]2(C)[C@H]1CC[C@]2(O)C(=O)CO.O=[P+](O)O[P+](=O)O.[As]. The van der Waals surface area contributed by atoms with Gasteiger partial charge in [0.05, 0.1) is 73.4 Å². The summed E-state index contributed by atoms with van der Waals surface area (Å²) in [7, 11) is -5.88. The molecule has 26 atom stereocenters. The molecule has 30 nitrogen and oxygen atoms in total. The zero-order chi connectivity index (χ0) is 75.7. The zero-order valence-corrected chi connectivity index (χ0v) is 66.1. The van der Waals surface area contributed by atoms with E-state index in [2.05, 4.69) is 12.7 Å². The summed E-state index contributed by atoms with van der Waals surface area (Å²) in [5.41, 5.74) is -6.11. The number of allylic oxidation sites excluding steroid dienone is 4. The van der Waals surface area contributed by atoms with Crippen molar-refractivity contribution in [2.24, 2.45) is 52.3 Å². The second kappa shape index (κ2) is 37.4. The van der Waals surface area contributed by atoms with Crippen molar-refractivity contribution in [2.75, 3.05) is 60.6 Å². The van der Waals surface area contributed by atoms with E-state index in [1.807, 2.05) is 52.8 Å². The smallest absolute Gasteiger partial charge is 0.459 e. The number of hydrogen-bond donors (Lipinski definition) is 8. The number of likely N-dealkylation sites (N-methyl/N-ethyl adjacent to an activating group) is 1. The summed E-state index contributed by atoms with van der Waals surface area (Å²) in [5.74, 6) is -5.06. The number of aliphatic hydroxyl groups is 6. The van der Waals surface area contributed by atoms with Crippen LogP contribution in [0.3, 0.4) is 0 Å². The summed E-state index contributed by atoms with van der Waals surface area (Å²) in [5, 5.41) is 66.0. The second-order valence-electron chi connectivity index (χ2n) is 29.0. The van der Waals surface area contributed by atoms with Gasteiger partial charge in [0.1, 0.15) is 47.7 Å². The fourth-order valence-corrected chi connectivity index (χ4v) is 17.2. The van der Waals surface area contributed by atoms with Gasteiger partial charge in [-0.05, 0) is 137 Å². The Morgan fingerprint density at radius 1 is 0.790 bits per heavy atom. The number of carbonyl (C=O) groups excluding carboxylic acids is 5. The number of Topliss-reactive ketones (excluding diaryl/α,β-unsaturated/α-hetero) is 3. The van der Waals surface area contributed by atoms with E-state index < -0.39 is 167 Å². The molecule has 0 aromatic rings. The summed E-state index contributed by atoms with van der Waals surface area (Å²) in [6.45, 7) is 20.3. The van der Waals surface area contributed by atoms with Crippen LogP contribution >= 0.6 is 16.5 Å². The number of ketones is 4. The summed E-state index contributed by atoms with van der Waals surface area (Å²) in [6.07, 6.45) is 1.88. The van der Waals surface area contributed by atoms with Gasteiger partial charge in [-0.25, -0.2) is 0 Å². The molecule has 3 radical (unpaired) electrons. The first-order valence-corrected chi connectivity index (χ1v) is 39.3. The summed E-state index contributed by atoms with van der Waals surface area (Å²) < 4.78 is 117. The largest absolute Gasteiger partial charge is 0.745 e. The molecule has 575 valence electrons. The van der Waals surface area contributed by atoms with Crippen molar-refractivity contribution in [2.45, 2.75) is 244 Å². The average Bonchev–Trinajstić information content (AvgIpc) is 1.45. The number of methoxy groups -OCH3 is 2. The fraction of sp³-hybridized carbons (Fsp3) is 0.862. The minimum absolute atomic E-state index is 0. The summed E-state index contributed by atoms with van der Waals surface area (Å²) in [4.78, 5) is 82.8. The third-order valence-corrected chi connectivity index (χ3v) is 23.9. The Labute approximate surface area is 602 Å². The molecule has 7 aliphatic rings. The molecule has 0 spiro atoms. The molecular formula is C65H111AsNO29P2S2+2. The molecule has 2 unspecified atom stereocenters. The van der Waals surface area contributed by atoms with Crippen LogP contribution in [0, 0.1) is 52.3 Å². The van der Waals surface area contributed by atoms with Crippen molar-refractivity contribution >= 4 is 83.8 Å². The summed E-state index contributed by atoms with van der Waals surface area (Å²) >= 11 is 0. The van der Waals surface area contributed by atoms with Crippen molar-refractivity contribution in [3.63, 3.8) is 0 Å². The number of aliphatic hydroxyl groups excluding tert-OH is 4. The standard InChI is InChI=1S/C38H69NO13.C21H26O5.C6H14O6S2.As.O5P2/c1-15-26-38(10,45)31(42)21(4)28(40)19(2)17-37(9,47-14)33(52-35-29(41)25(39(11)12)16-20(3)48-35)22(5)30(23(6)34(44)50-26)51-27-18-36(8,46-13)32(43)24(7)49-27;1-19-7-5-13(23)9-12(19)3-4-14-15-6-8-21(26,17(25)11-22)20(15,2)10-16(24)18(14)19;1-13(7,8)11-5-3-4-6-12-14(2,9)10;;1-6(2)5-7(3)4/h19-27,29-33,35,41-43,45H,15-18H2,1-14H3;5,7,9,14-15,18,22,26H,3-4,6,8,10-11H2,1-2H3;3-6H2,1-2H3;;/p+2/t19-,20-,21-,22+,23-,24+,25+,26+,27+,29-,30+,31-,32+,33-,35+,36-,37-,38-;14-,15-,18+,19-,20-,21-;;;/m10.../s1. The molecular weight excluding hydrogens is 1460 g/mol. The molecule has 4 aliphatic carbocycles. The normalized spacial score (nSPS) is 40.5. The number of nitrogens with zero attached hydrogens (tertiary/aromatic N) is 1. The maximum Gasteiger partial charge on any atom is 0.745 e. The minimum atomic E-state index is -3.40. The van der Waals surface area contributed by atoms with Crippen molar-refractivity contribution in [1.29, 1.82) is 0 Å². The first kappa shape index (κ1) is 91.8. The third-order valence-electron chi connectivity index (χ3n) is 21.6. The van der Waals surface area contributed by atoms with E-state index in [0.29, 0.717) is 32.1 Å². The van der Waals surface area contributed by atoms with E-state index in [1.165, 1.54) is 21.1 Å². The molecule has 8 N–H and O–H groups in total. The Hall–Kier alpha value is -2.43. The van der Waals surface area contributed by atoms with Gasteiger partial charge in [0.2, 0.25) is 0 Å². The Kier molecular flexibility index (Phi) is 34.3. The van der Waals surface area contributed by atoms with E-state index in [9.17, 15) is 80.6 Å². The summed E-state index contributed by atoms with van der Waals surface area (Å²) in [6, 6.07) is -0.283. The van der Waals surface area contributed by atoms with Gasteiger partial charge in [0.15, 0.2) is 28.5 Å². The van der Waals surface area contributed by atoms with Crippen LogP contribution in [0.5, 0.6) is 0 Å². The number of esters is 1. The maximum absolute atomic E-state index is 14.2. The van der Waals surface area contributed by atoms with Crippen LogP contribution in [-0.2, 0) is 99.2 Å². The Bertz CT molecular complexity index is 3080. The quantitative estimate of drug-likeness (QED) is 0.0299. The van der Waals surface area contributed by atoms with E-state index >= 15 is 0 Å². The third kappa shape index (κ3) is 22.3. The number of carbonyl (C=O) groups is 5. The molecule has 6 fully saturated rings. The molecule has 35 heteroatoms. The van der Waals surface area contributed by atoms with Crippen LogP contribution in [0.1, 0.15) is 154 Å². The average molecular weight is 1570 g/mol. The number of rotatable bonds is 19. The maximum atomic E-state index is 14.2. The van der Waals surface area contributed by atoms with E-state index in [-0.39, 0.29) is 104 Å². The molecule has 3 aliphatic heterocycles. The second-order valence-corrected chi connectivity index (χ2v) is 33.9. The van der Waals surface area contributed by atoms with Gasteiger partial charge in [0, 0.05) is 94.7 Å². The minimum Gasteiger partial charge on any atom is -0.459 e. The first-order valence-electron chi connectivity index (χ1n) is 33.4. The predicted molar refractivity (Wildman–Crippen MR) is 362 cm³/mol. The predicted octanol–water partition coefficient (Wildman–Crippen LogP) is 3.85. The number of unbranched alkanes of at least 4 members (excludes halogenated alkanes) is 1. The van der Waals surface area contributed by atoms with Gasteiger partial charge in [-0.15, -0.1) is 9.79 Å². The Balaban J connectivity index is 0.000000442. The fourth-order valence-electron chi connectivity index (χ4n) is 15.9. The number of hydrogen-bond acceptors (Lipinski definition) is 28. The monoisotopic (exact) mass is 1570 g/mol. The van der Waals surface area contributed by atoms with Crippen molar-refractivity contribution in [1.82, 2.24) is 4.90 Å². The van der Waals surface area contributed by atoms with E-state index in [0.717, 1.165) is 30.9 Å². The van der Waals surface area contributed by atoms with Crippen LogP contribution in [0.2, 0.25) is 0 Å². The first-order chi connectivity index (χ1) is 45.5. The molecule has 3 heterocycles. The van der Waals surface area contributed by atoms with Gasteiger partial charge in [-0.3, -0.25) is 32.3 Å². The van der Waals surface area contributed by atoms with Crippen LogP contribution < -0.4 is 0 Å². The van der Waals surface area contributed by atoms with Gasteiger partial charge in [-0.1, -0.05) is 53.2 Å². The number of ether oxygens (including phenoxy) is 7. The molecule has 0 amide bonds. The molecule has 7 rings (SSSR count). The molecule has 0 aromatic carbocycles. The molecule has 3 saturated heterocycles. The van der Waals surface area contributed by atoms with Crippen molar-refractivity contribution in [3.8, 4) is 0 Å². The van der Waals surface area contributed by atoms with Gasteiger partial charge < -0.3 is 68.7 Å². The van der Waals surface area contributed by atoms with E-state index in [1.54, 1.807) is 60.6 Å². The Morgan fingerprint density at radius 2 is 1.35 bits per heavy atom.